The molecule has 186 valence electrons. The molecule has 1 aromatic heterocycles. The highest BCUT2D eigenvalue weighted by Gasteiger charge is 2.44. The third kappa shape index (κ3) is 5.21. The Morgan fingerprint density at radius 2 is 1.91 bits per heavy atom. The van der Waals surface area contributed by atoms with E-state index in [1.807, 2.05) is 0 Å². The van der Waals surface area contributed by atoms with Gasteiger partial charge in [-0.25, -0.2) is 0 Å². The van der Waals surface area contributed by atoms with Gasteiger partial charge in [-0.1, -0.05) is 31.2 Å². The summed E-state index contributed by atoms with van der Waals surface area (Å²) >= 11 is 0. The van der Waals surface area contributed by atoms with Crippen molar-refractivity contribution in [3.05, 3.63) is 82.7 Å². The average molecular weight is 495 g/mol. The number of nitrogens with one attached hydrogen (secondary N) is 2. The third-order valence-corrected chi connectivity index (χ3v) is 6.40. The monoisotopic (exact) mass is 495 g/mol. The fourth-order valence-corrected chi connectivity index (χ4v) is 4.42. The molecule has 2 aromatic rings. The van der Waals surface area contributed by atoms with E-state index < -0.39 is 46.5 Å². The molecular weight excluding hydrogens is 472 g/mol. The first-order valence-corrected chi connectivity index (χ1v) is 11.0. The van der Waals surface area contributed by atoms with Crippen molar-refractivity contribution >= 4 is 11.6 Å². The minimum Gasteiger partial charge on any atom is -0.385 e. The molecule has 2 heterocycles. The van der Waals surface area contributed by atoms with Gasteiger partial charge in [-0.2, -0.15) is 26.3 Å². The highest BCUT2D eigenvalue weighted by molar-refractivity contribution is 5.95. The number of allylic oxidation sites excluding steroid dienone is 3. The number of fused-ring (bicyclic) bond motifs is 1. The summed E-state index contributed by atoms with van der Waals surface area (Å²) in [6.07, 6.45) is -3.70. The predicted octanol–water partition coefficient (Wildman–Crippen LogP) is 6.38. The van der Waals surface area contributed by atoms with Crippen molar-refractivity contribution in [2.45, 2.75) is 44.6 Å². The highest BCUT2D eigenvalue weighted by Crippen LogP contribution is 2.46. The largest absolute Gasteiger partial charge is 0.418 e. The molecule has 10 heteroatoms. The molecule has 0 spiro atoms. The molecule has 0 saturated carbocycles. The van der Waals surface area contributed by atoms with Crippen molar-refractivity contribution in [1.29, 1.82) is 0 Å². The van der Waals surface area contributed by atoms with Crippen LogP contribution in [0.25, 0.3) is 0 Å². The van der Waals surface area contributed by atoms with Gasteiger partial charge in [0.2, 0.25) is 0 Å². The number of rotatable bonds is 4. The Bertz CT molecular complexity index is 1180. The van der Waals surface area contributed by atoms with Crippen LogP contribution in [0.2, 0.25) is 0 Å². The Morgan fingerprint density at radius 3 is 2.57 bits per heavy atom. The van der Waals surface area contributed by atoms with Crippen molar-refractivity contribution in [2.24, 2.45) is 5.41 Å². The Labute approximate surface area is 198 Å². The van der Waals surface area contributed by atoms with Crippen LogP contribution < -0.4 is 10.6 Å². The molecule has 1 unspecified atom stereocenters. The molecule has 2 N–H and O–H groups in total. The van der Waals surface area contributed by atoms with Gasteiger partial charge in [-0.15, -0.1) is 0 Å². The maximum Gasteiger partial charge on any atom is 0.418 e. The smallest absolute Gasteiger partial charge is 0.385 e. The number of aromatic nitrogens is 1. The quantitative estimate of drug-likeness (QED) is 0.484. The van der Waals surface area contributed by atoms with Crippen LogP contribution in [0.4, 0.5) is 32.0 Å². The Kier molecular flexibility index (Phi) is 6.42. The molecule has 2 aliphatic rings. The van der Waals surface area contributed by atoms with Crippen molar-refractivity contribution in [1.82, 2.24) is 10.3 Å². The van der Waals surface area contributed by atoms with Gasteiger partial charge >= 0.3 is 12.4 Å². The first-order valence-electron chi connectivity index (χ1n) is 11.0. The average Bonchev–Trinajstić information content (AvgIpc) is 2.81. The molecular formula is C25H23F6N3O. The number of pyridine rings is 1. The van der Waals surface area contributed by atoms with E-state index in [1.165, 1.54) is 19.2 Å². The van der Waals surface area contributed by atoms with Gasteiger partial charge < -0.3 is 10.6 Å². The van der Waals surface area contributed by atoms with Crippen LogP contribution in [-0.4, -0.2) is 23.6 Å². The van der Waals surface area contributed by atoms with E-state index >= 15 is 0 Å². The van der Waals surface area contributed by atoms with Gasteiger partial charge in [0.25, 0.3) is 5.91 Å². The summed E-state index contributed by atoms with van der Waals surface area (Å²) in [4.78, 5) is 17.1. The molecule has 1 aromatic carbocycles. The lowest BCUT2D eigenvalue weighted by Gasteiger charge is -2.38. The number of alkyl halides is 6. The number of halogens is 6. The van der Waals surface area contributed by atoms with Crippen molar-refractivity contribution in [2.75, 3.05) is 11.9 Å². The molecule has 0 fully saturated rings. The molecule has 1 aliphatic heterocycles. The lowest BCUT2D eigenvalue weighted by atomic mass is 9.73. The van der Waals surface area contributed by atoms with E-state index in [1.54, 1.807) is 18.2 Å². The van der Waals surface area contributed by atoms with E-state index in [2.05, 4.69) is 15.6 Å². The second-order valence-corrected chi connectivity index (χ2v) is 8.94. The number of anilines is 1. The Morgan fingerprint density at radius 1 is 1.14 bits per heavy atom. The Hall–Kier alpha value is -3.30. The third-order valence-electron chi connectivity index (χ3n) is 6.40. The number of carbonyl (C=O) groups excluding carboxylic acids is 1. The molecule has 1 aliphatic carbocycles. The zero-order chi connectivity index (χ0) is 25.4. The van der Waals surface area contributed by atoms with E-state index in [0.29, 0.717) is 0 Å². The van der Waals surface area contributed by atoms with Gasteiger partial charge in [0.05, 0.1) is 22.9 Å². The van der Waals surface area contributed by atoms with E-state index in [0.717, 1.165) is 54.9 Å². The maximum atomic E-state index is 13.8. The molecule has 1 amide bonds. The first kappa shape index (κ1) is 24.8. The van der Waals surface area contributed by atoms with Crippen LogP contribution in [0.1, 0.15) is 53.0 Å². The van der Waals surface area contributed by atoms with Crippen LogP contribution in [0.5, 0.6) is 0 Å². The second kappa shape index (κ2) is 9.05. The standard InChI is InChI=1S/C25H23F6N3O/c1-23(10-8-17(9-11-23)24(26,27)28)21(20-18(25(29,30)31)5-3-13-33-20)34-22(35)16-7-6-15-4-2-12-32-19(15)14-16/h3,5-10,13-14,21,32H,2,4,11-12H2,1H3,(H,34,35)/t21-,23?/m1/s1. The summed E-state index contributed by atoms with van der Waals surface area (Å²) in [7, 11) is 0. The van der Waals surface area contributed by atoms with Gasteiger partial charge in [-0.05, 0) is 49.1 Å². The van der Waals surface area contributed by atoms with Crippen molar-refractivity contribution in [3.63, 3.8) is 0 Å². The van der Waals surface area contributed by atoms with Crippen molar-refractivity contribution in [3.8, 4) is 0 Å². The molecule has 2 atom stereocenters. The van der Waals surface area contributed by atoms with Gasteiger partial charge in [0.1, 0.15) is 0 Å². The summed E-state index contributed by atoms with van der Waals surface area (Å²) in [5, 5.41) is 5.84. The number of nitrogens with zero attached hydrogens (tertiary/aromatic N) is 1. The maximum absolute atomic E-state index is 13.8. The second-order valence-electron chi connectivity index (χ2n) is 8.94. The topological polar surface area (TPSA) is 54.0 Å². The summed E-state index contributed by atoms with van der Waals surface area (Å²) < 4.78 is 80.9. The van der Waals surface area contributed by atoms with E-state index in [-0.39, 0.29) is 12.0 Å². The summed E-state index contributed by atoms with van der Waals surface area (Å²) in [6, 6.07) is 5.62. The van der Waals surface area contributed by atoms with Crippen molar-refractivity contribution < 1.29 is 31.1 Å². The Balaban J connectivity index is 1.73. The van der Waals surface area contributed by atoms with Crippen LogP contribution in [0.3, 0.4) is 0 Å². The van der Waals surface area contributed by atoms with Crippen LogP contribution in [0.15, 0.2) is 60.3 Å². The lowest BCUT2D eigenvalue weighted by molar-refractivity contribution is -0.139. The zero-order valence-electron chi connectivity index (χ0n) is 18.7. The lowest BCUT2D eigenvalue weighted by Crippen LogP contribution is -2.41. The molecule has 4 rings (SSSR count). The first-order chi connectivity index (χ1) is 16.4. The molecule has 0 radical (unpaired) electrons. The normalized spacial score (nSPS) is 20.9. The van der Waals surface area contributed by atoms with E-state index in [9.17, 15) is 31.1 Å². The number of hydrogen-bond donors (Lipinski definition) is 2. The number of aryl methyl sites for hydroxylation is 1. The molecule has 4 nitrogen and oxygen atoms in total. The van der Waals surface area contributed by atoms with Gasteiger partial charge in [-0.3, -0.25) is 9.78 Å². The fraction of sp³-hybridized carbons (Fsp3) is 0.360. The highest BCUT2D eigenvalue weighted by atomic mass is 19.4. The summed E-state index contributed by atoms with van der Waals surface area (Å²) in [6.45, 7) is 2.24. The van der Waals surface area contributed by atoms with E-state index in [4.69, 9.17) is 0 Å². The van der Waals surface area contributed by atoms with Gasteiger partial charge in [0, 0.05) is 29.4 Å². The minimum atomic E-state index is -4.77. The number of hydrogen-bond acceptors (Lipinski definition) is 3. The number of benzene rings is 1. The molecule has 0 saturated heterocycles. The van der Waals surface area contributed by atoms with Crippen LogP contribution >= 0.6 is 0 Å². The van der Waals surface area contributed by atoms with Crippen LogP contribution in [0, 0.1) is 5.41 Å². The molecule has 0 bridgehead atoms. The molecule has 35 heavy (non-hydrogen) atoms. The minimum absolute atomic E-state index is 0.225. The fourth-order valence-electron chi connectivity index (χ4n) is 4.42. The summed E-state index contributed by atoms with van der Waals surface area (Å²) in [5.74, 6) is -0.649. The predicted molar refractivity (Wildman–Crippen MR) is 119 cm³/mol. The van der Waals surface area contributed by atoms with Crippen LogP contribution in [-0.2, 0) is 12.6 Å². The number of carbonyl (C=O) groups is 1. The number of amides is 1. The summed E-state index contributed by atoms with van der Waals surface area (Å²) in [5.41, 5.74) is -1.68. The zero-order valence-corrected chi connectivity index (χ0v) is 18.7. The SMILES string of the molecule is CC1([C@H](NC(=O)c2ccc3c(c2)NCCC3)c2ncccc2C(F)(F)F)C=CC(C(F)(F)F)=CC1. The van der Waals surface area contributed by atoms with Gasteiger partial charge in [0.15, 0.2) is 0 Å².